The van der Waals surface area contributed by atoms with Crippen LogP contribution in [-0.4, -0.2) is 24.4 Å². The molecule has 1 unspecified atom stereocenters. The van der Waals surface area contributed by atoms with E-state index in [1.165, 1.54) is 16.8 Å². The van der Waals surface area contributed by atoms with Crippen molar-refractivity contribution >= 4 is 0 Å². The van der Waals surface area contributed by atoms with Gasteiger partial charge in [-0.1, -0.05) is 12.1 Å². The van der Waals surface area contributed by atoms with Gasteiger partial charge in [-0.15, -0.1) is 0 Å². The highest BCUT2D eigenvalue weighted by molar-refractivity contribution is 5.37. The Morgan fingerprint density at radius 2 is 2.32 bits per heavy atom. The number of aromatic nitrogens is 2. The number of hydrogen-bond acceptors (Lipinski definition) is 3. The zero-order chi connectivity index (χ0) is 13.3. The Morgan fingerprint density at radius 1 is 1.42 bits per heavy atom. The molecule has 0 radical (unpaired) electrons. The fourth-order valence-corrected chi connectivity index (χ4v) is 2.98. The normalized spacial score (nSPS) is 22.0. The molecule has 100 valence electrons. The first-order chi connectivity index (χ1) is 9.27. The van der Waals surface area contributed by atoms with E-state index in [0.29, 0.717) is 0 Å². The van der Waals surface area contributed by atoms with Gasteiger partial charge in [-0.25, -0.2) is 0 Å². The van der Waals surface area contributed by atoms with Crippen LogP contribution >= 0.6 is 0 Å². The van der Waals surface area contributed by atoms with Crippen molar-refractivity contribution in [1.29, 1.82) is 0 Å². The molecule has 0 saturated carbocycles. The molecule has 1 aromatic carbocycles. The lowest BCUT2D eigenvalue weighted by Crippen LogP contribution is -2.44. The highest BCUT2D eigenvalue weighted by atomic mass is 16.5. The molecule has 4 heteroatoms. The van der Waals surface area contributed by atoms with Crippen molar-refractivity contribution in [1.82, 2.24) is 15.5 Å². The summed E-state index contributed by atoms with van der Waals surface area (Å²) in [6, 6.07) is 8.34. The summed E-state index contributed by atoms with van der Waals surface area (Å²) in [4.78, 5) is 0. The van der Waals surface area contributed by atoms with E-state index in [4.69, 9.17) is 4.74 Å². The number of ether oxygens (including phenoxy) is 1. The van der Waals surface area contributed by atoms with E-state index in [0.717, 1.165) is 25.0 Å². The minimum atomic E-state index is -0.0224. The number of H-pyrrole nitrogens is 1. The molecular weight excluding hydrogens is 238 g/mol. The molecule has 19 heavy (non-hydrogen) atoms. The molecule has 1 aromatic heterocycles. The number of nitrogens with zero attached hydrogens (tertiary/aromatic N) is 1. The van der Waals surface area contributed by atoms with Crippen molar-refractivity contribution in [2.75, 3.05) is 14.2 Å². The lowest BCUT2D eigenvalue weighted by molar-refractivity contribution is 0.311. The molecule has 4 nitrogen and oxygen atoms in total. The van der Waals surface area contributed by atoms with Crippen LogP contribution in [0.4, 0.5) is 0 Å². The molecule has 0 saturated heterocycles. The van der Waals surface area contributed by atoms with Crippen molar-refractivity contribution < 1.29 is 4.74 Å². The molecule has 0 fully saturated rings. The number of benzene rings is 1. The highest BCUT2D eigenvalue weighted by Gasteiger charge is 2.35. The smallest absolute Gasteiger partial charge is 0.119 e. The number of nitrogens with one attached hydrogen (secondary N) is 2. The van der Waals surface area contributed by atoms with E-state index in [-0.39, 0.29) is 5.54 Å². The van der Waals surface area contributed by atoms with Crippen LogP contribution in [0.2, 0.25) is 0 Å². The van der Waals surface area contributed by atoms with Gasteiger partial charge in [-0.3, -0.25) is 5.10 Å². The fourth-order valence-electron chi connectivity index (χ4n) is 2.98. The molecule has 0 aliphatic heterocycles. The Hall–Kier alpha value is -1.81. The first-order valence-electron chi connectivity index (χ1n) is 6.62. The van der Waals surface area contributed by atoms with Crippen molar-refractivity contribution in [2.45, 2.75) is 24.8 Å². The minimum absolute atomic E-state index is 0.0224. The highest BCUT2D eigenvalue weighted by Crippen LogP contribution is 2.36. The van der Waals surface area contributed by atoms with Crippen molar-refractivity contribution in [2.24, 2.45) is 0 Å². The Bertz CT molecular complexity index is 578. The van der Waals surface area contributed by atoms with Crippen molar-refractivity contribution in [3.63, 3.8) is 0 Å². The van der Waals surface area contributed by atoms with E-state index in [1.807, 2.05) is 19.3 Å². The van der Waals surface area contributed by atoms with E-state index in [9.17, 15) is 0 Å². The van der Waals surface area contributed by atoms with Gasteiger partial charge in [0.1, 0.15) is 5.75 Å². The van der Waals surface area contributed by atoms with Crippen LogP contribution < -0.4 is 10.1 Å². The zero-order valence-corrected chi connectivity index (χ0v) is 11.4. The third-order valence-corrected chi connectivity index (χ3v) is 4.20. The monoisotopic (exact) mass is 257 g/mol. The van der Waals surface area contributed by atoms with Gasteiger partial charge in [0.05, 0.1) is 13.3 Å². The standard InChI is InChI=1S/C15H19N3O/c1-16-15(12-4-3-5-13(8-12)19-2)7-6-14-11(9-15)10-17-18-14/h3-5,8,10,16H,6-7,9H2,1-2H3,(H,17,18). The topological polar surface area (TPSA) is 49.9 Å². The third kappa shape index (κ3) is 2.02. The number of fused-ring (bicyclic) bond motifs is 1. The Labute approximate surface area is 113 Å². The van der Waals surface area contributed by atoms with Crippen molar-refractivity contribution in [3.05, 3.63) is 47.3 Å². The fraction of sp³-hybridized carbons (Fsp3) is 0.400. The van der Waals surface area contributed by atoms with E-state index < -0.39 is 0 Å². The van der Waals surface area contributed by atoms with Gasteiger partial charge in [0.15, 0.2) is 0 Å². The van der Waals surface area contributed by atoms with E-state index in [1.54, 1.807) is 7.11 Å². The van der Waals surface area contributed by atoms with Gasteiger partial charge >= 0.3 is 0 Å². The van der Waals surface area contributed by atoms with Crippen LogP contribution in [0.3, 0.4) is 0 Å². The Balaban J connectivity index is 2.00. The van der Waals surface area contributed by atoms with Crippen molar-refractivity contribution in [3.8, 4) is 5.75 Å². The second-order valence-corrected chi connectivity index (χ2v) is 5.11. The first-order valence-corrected chi connectivity index (χ1v) is 6.62. The summed E-state index contributed by atoms with van der Waals surface area (Å²) in [6.07, 6.45) is 4.99. The predicted octanol–water partition coefficient (Wildman–Crippen LogP) is 2.02. The van der Waals surface area contributed by atoms with Gasteiger partial charge in [-0.05, 0) is 49.6 Å². The predicted molar refractivity (Wildman–Crippen MR) is 74.3 cm³/mol. The summed E-state index contributed by atoms with van der Waals surface area (Å²) in [5.41, 5.74) is 3.84. The van der Waals surface area contributed by atoms with Gasteiger partial charge in [0.2, 0.25) is 0 Å². The SMILES string of the molecule is CNC1(c2cccc(OC)c2)CCc2[nH]ncc2C1. The number of likely N-dealkylation sites (N-methyl/N-ethyl adjacent to an activating group) is 1. The van der Waals surface area contributed by atoms with Crippen LogP contribution in [0.15, 0.2) is 30.5 Å². The summed E-state index contributed by atoms with van der Waals surface area (Å²) in [5.74, 6) is 0.908. The maximum atomic E-state index is 5.34. The maximum absolute atomic E-state index is 5.34. The lowest BCUT2D eigenvalue weighted by Gasteiger charge is -2.37. The lowest BCUT2D eigenvalue weighted by atomic mass is 9.76. The summed E-state index contributed by atoms with van der Waals surface area (Å²) >= 11 is 0. The molecule has 2 aromatic rings. The molecule has 3 rings (SSSR count). The van der Waals surface area contributed by atoms with Gasteiger partial charge in [0.25, 0.3) is 0 Å². The number of aromatic amines is 1. The molecule has 1 atom stereocenters. The Morgan fingerprint density at radius 3 is 3.11 bits per heavy atom. The second kappa shape index (κ2) is 4.70. The molecular formula is C15H19N3O. The molecule has 1 heterocycles. The van der Waals surface area contributed by atoms with Crippen LogP contribution in [0.5, 0.6) is 5.75 Å². The third-order valence-electron chi connectivity index (χ3n) is 4.20. The average Bonchev–Trinajstić information content (AvgIpc) is 2.94. The van der Waals surface area contributed by atoms with Crippen LogP contribution in [-0.2, 0) is 18.4 Å². The number of methoxy groups -OCH3 is 1. The average molecular weight is 257 g/mol. The molecule has 0 bridgehead atoms. The zero-order valence-electron chi connectivity index (χ0n) is 11.4. The van der Waals surface area contributed by atoms with Gasteiger partial charge in [-0.2, -0.15) is 5.10 Å². The summed E-state index contributed by atoms with van der Waals surface area (Å²) < 4.78 is 5.34. The molecule has 1 aliphatic carbocycles. The summed E-state index contributed by atoms with van der Waals surface area (Å²) in [7, 11) is 3.74. The number of aryl methyl sites for hydroxylation is 1. The minimum Gasteiger partial charge on any atom is -0.497 e. The summed E-state index contributed by atoms with van der Waals surface area (Å²) in [5, 5.41) is 10.8. The number of rotatable bonds is 3. The molecule has 0 amide bonds. The summed E-state index contributed by atoms with van der Waals surface area (Å²) in [6.45, 7) is 0. The largest absolute Gasteiger partial charge is 0.497 e. The van der Waals surface area contributed by atoms with Gasteiger partial charge < -0.3 is 10.1 Å². The first kappa shape index (κ1) is 12.2. The van der Waals surface area contributed by atoms with Crippen LogP contribution in [0, 0.1) is 0 Å². The molecule has 0 spiro atoms. The Kier molecular flexibility index (Phi) is 3.03. The number of hydrogen-bond donors (Lipinski definition) is 2. The van der Waals surface area contributed by atoms with Gasteiger partial charge in [0, 0.05) is 11.2 Å². The molecule has 2 N–H and O–H groups in total. The van der Waals surface area contributed by atoms with E-state index >= 15 is 0 Å². The van der Waals surface area contributed by atoms with Crippen LogP contribution in [0.25, 0.3) is 0 Å². The maximum Gasteiger partial charge on any atom is 0.119 e. The second-order valence-electron chi connectivity index (χ2n) is 5.11. The van der Waals surface area contributed by atoms with E-state index in [2.05, 4.69) is 33.7 Å². The quantitative estimate of drug-likeness (QED) is 0.884. The molecule has 1 aliphatic rings. The van der Waals surface area contributed by atoms with Crippen LogP contribution in [0.1, 0.15) is 23.2 Å².